The number of halogens is 2. The monoisotopic (exact) mass is 518 g/mol. The zero-order valence-corrected chi connectivity index (χ0v) is 19.8. The highest BCUT2D eigenvalue weighted by Crippen LogP contribution is 2.55. The van der Waals surface area contributed by atoms with Crippen LogP contribution in [0.1, 0.15) is 22.3 Å². The first-order valence-corrected chi connectivity index (χ1v) is 12.6. The minimum Gasteiger partial charge on any atom is -0.456 e. The Kier molecular flexibility index (Phi) is 5.56. The summed E-state index contributed by atoms with van der Waals surface area (Å²) >= 11 is 0. The molecule has 184 valence electrons. The van der Waals surface area contributed by atoms with Crippen molar-refractivity contribution in [1.82, 2.24) is 0 Å². The third-order valence-corrected chi connectivity index (χ3v) is 6.60. The van der Waals surface area contributed by atoms with Gasteiger partial charge in [-0.15, -0.1) is 0 Å². The van der Waals surface area contributed by atoms with Crippen molar-refractivity contribution in [2.45, 2.75) is 0 Å². The summed E-state index contributed by atoms with van der Waals surface area (Å²) < 4.78 is 65.3. The molecule has 0 radical (unpaired) electrons. The minimum atomic E-state index is -4.93. The highest BCUT2D eigenvalue weighted by Gasteiger charge is 2.33. The van der Waals surface area contributed by atoms with Gasteiger partial charge in [-0.3, -0.25) is 4.89 Å². The molecule has 4 aromatic carbocycles. The summed E-state index contributed by atoms with van der Waals surface area (Å²) in [6, 6.07) is 21.8. The molecule has 0 saturated carbocycles. The molecule has 2 aliphatic rings. The van der Waals surface area contributed by atoms with E-state index in [0.29, 0.717) is 22.6 Å². The van der Waals surface area contributed by atoms with Gasteiger partial charge in [-0.1, -0.05) is 36.4 Å². The van der Waals surface area contributed by atoms with E-state index in [0.717, 1.165) is 0 Å². The first-order valence-electron chi connectivity index (χ1n) is 11.1. The number of rotatable bonds is 4. The van der Waals surface area contributed by atoms with Crippen molar-refractivity contribution in [3.8, 4) is 23.0 Å². The van der Waals surface area contributed by atoms with Crippen LogP contribution in [0.3, 0.4) is 0 Å². The predicted molar refractivity (Wildman–Crippen MR) is 134 cm³/mol. The smallest absolute Gasteiger partial charge is 0.456 e. The van der Waals surface area contributed by atoms with Gasteiger partial charge in [0.1, 0.15) is 46.2 Å². The molecule has 0 fully saturated rings. The lowest BCUT2D eigenvalue weighted by atomic mass is 10.1. The molecular weight excluding hydrogens is 501 g/mol. The Morgan fingerprint density at radius 2 is 1.00 bits per heavy atom. The highest BCUT2D eigenvalue weighted by atomic mass is 31.2. The summed E-state index contributed by atoms with van der Waals surface area (Å²) in [7, 11) is -4.93. The standard InChI is InChI=1S/C28H17F2O6P/c29-21-9-5-13-25-19(21)15-27(17-7-1-3-11-23(17)33-25)35-37(31,32)36-28-16-20-22(30)10-6-14-26(20)34-24-12-4-2-8-18(24)28/h1-16H,(H,31,32). The number of para-hydroxylation sites is 2. The Bertz CT molecular complexity index is 1540. The Hall–Kier alpha value is -4.39. The third kappa shape index (κ3) is 4.37. The molecule has 4 aromatic rings. The van der Waals surface area contributed by atoms with Gasteiger partial charge in [0.15, 0.2) is 0 Å². The van der Waals surface area contributed by atoms with Gasteiger partial charge >= 0.3 is 7.82 Å². The van der Waals surface area contributed by atoms with Crippen LogP contribution in [-0.2, 0) is 13.6 Å². The quantitative estimate of drug-likeness (QED) is 0.276. The second-order valence-electron chi connectivity index (χ2n) is 8.17. The fourth-order valence-corrected chi connectivity index (χ4v) is 4.92. The third-order valence-electron chi connectivity index (χ3n) is 5.75. The number of hydrogen-bond donors (Lipinski definition) is 1. The van der Waals surface area contributed by atoms with Gasteiger partial charge in [0.05, 0.1) is 22.3 Å². The SMILES string of the molecule is O=P(O)(OC1=Cc2c(F)cccc2Oc2ccccc21)OC1=Cc2c(F)cccc2Oc2ccccc21. The van der Waals surface area contributed by atoms with Crippen LogP contribution >= 0.6 is 7.82 Å². The largest absolute Gasteiger partial charge is 0.584 e. The van der Waals surface area contributed by atoms with Gasteiger partial charge in [0.2, 0.25) is 0 Å². The van der Waals surface area contributed by atoms with E-state index in [1.807, 2.05) is 0 Å². The number of ether oxygens (including phenoxy) is 2. The van der Waals surface area contributed by atoms with Gasteiger partial charge in [-0.2, -0.15) is 0 Å². The maximum Gasteiger partial charge on any atom is 0.584 e. The van der Waals surface area contributed by atoms with Crippen molar-refractivity contribution in [2.75, 3.05) is 0 Å². The van der Waals surface area contributed by atoms with Crippen LogP contribution in [0.5, 0.6) is 23.0 Å². The average Bonchev–Trinajstić information content (AvgIpc) is 3.13. The van der Waals surface area contributed by atoms with Crippen molar-refractivity contribution in [3.05, 3.63) is 119 Å². The van der Waals surface area contributed by atoms with Crippen LogP contribution in [0.25, 0.3) is 23.7 Å². The summed E-state index contributed by atoms with van der Waals surface area (Å²) in [6.07, 6.45) is 2.55. The van der Waals surface area contributed by atoms with E-state index in [1.165, 1.54) is 36.4 Å². The summed E-state index contributed by atoms with van der Waals surface area (Å²) in [5.74, 6) is -0.488. The molecular formula is C28H17F2O6P. The van der Waals surface area contributed by atoms with Crippen LogP contribution in [0.2, 0.25) is 0 Å². The fourth-order valence-electron chi connectivity index (χ4n) is 4.08. The van der Waals surface area contributed by atoms with Gasteiger partial charge in [-0.05, 0) is 60.7 Å². The van der Waals surface area contributed by atoms with Crippen LogP contribution < -0.4 is 9.47 Å². The zero-order valence-electron chi connectivity index (χ0n) is 18.9. The average molecular weight is 518 g/mol. The number of benzene rings is 4. The van der Waals surface area contributed by atoms with E-state index in [4.69, 9.17) is 18.5 Å². The second kappa shape index (κ2) is 8.92. The molecule has 2 heterocycles. The molecule has 0 unspecified atom stereocenters. The molecule has 0 atom stereocenters. The lowest BCUT2D eigenvalue weighted by Gasteiger charge is -2.18. The molecule has 0 bridgehead atoms. The Balaban J connectivity index is 1.42. The van der Waals surface area contributed by atoms with E-state index in [2.05, 4.69) is 0 Å². The lowest BCUT2D eigenvalue weighted by molar-refractivity contribution is 0.264. The normalized spacial score (nSPS) is 13.6. The molecule has 0 aliphatic carbocycles. The van der Waals surface area contributed by atoms with E-state index in [-0.39, 0.29) is 34.1 Å². The van der Waals surface area contributed by atoms with E-state index >= 15 is 0 Å². The Labute approximate surface area is 210 Å². The maximum atomic E-state index is 14.6. The van der Waals surface area contributed by atoms with Crippen molar-refractivity contribution < 1.29 is 36.8 Å². The maximum absolute atomic E-state index is 14.6. The second-order valence-corrected chi connectivity index (χ2v) is 9.47. The summed E-state index contributed by atoms with van der Waals surface area (Å²) in [5, 5.41) is 0. The van der Waals surface area contributed by atoms with Gasteiger partial charge in [0.25, 0.3) is 0 Å². The molecule has 6 rings (SSSR count). The van der Waals surface area contributed by atoms with Crippen LogP contribution in [0.15, 0.2) is 84.9 Å². The summed E-state index contributed by atoms with van der Waals surface area (Å²) in [5.41, 5.74) is 0.700. The highest BCUT2D eigenvalue weighted by molar-refractivity contribution is 7.48. The van der Waals surface area contributed by atoms with Gasteiger partial charge in [0, 0.05) is 0 Å². The van der Waals surface area contributed by atoms with Gasteiger partial charge in [-0.25, -0.2) is 13.3 Å². The van der Waals surface area contributed by atoms with Gasteiger partial charge < -0.3 is 18.5 Å². The predicted octanol–water partition coefficient (Wildman–Crippen LogP) is 8.01. The molecule has 0 spiro atoms. The lowest BCUT2D eigenvalue weighted by Crippen LogP contribution is -1.97. The topological polar surface area (TPSA) is 74.2 Å². The number of phosphoric ester groups is 1. The van der Waals surface area contributed by atoms with Crippen LogP contribution in [-0.4, -0.2) is 4.89 Å². The Morgan fingerprint density at radius 1 is 0.595 bits per heavy atom. The fraction of sp³-hybridized carbons (Fsp3) is 0. The van der Waals surface area contributed by atoms with Crippen molar-refractivity contribution in [3.63, 3.8) is 0 Å². The molecule has 0 aromatic heterocycles. The van der Waals surface area contributed by atoms with E-state index < -0.39 is 19.5 Å². The number of hydrogen-bond acceptors (Lipinski definition) is 5. The van der Waals surface area contributed by atoms with Crippen LogP contribution in [0.4, 0.5) is 8.78 Å². The summed E-state index contributed by atoms with van der Waals surface area (Å²) in [4.78, 5) is 10.8. The minimum absolute atomic E-state index is 0.0390. The first kappa shape index (κ1) is 23.0. The van der Waals surface area contributed by atoms with Crippen molar-refractivity contribution in [2.24, 2.45) is 0 Å². The molecule has 2 aliphatic heterocycles. The molecule has 0 saturated heterocycles. The number of phosphoric acid groups is 1. The summed E-state index contributed by atoms with van der Waals surface area (Å²) in [6.45, 7) is 0. The van der Waals surface area contributed by atoms with Crippen molar-refractivity contribution in [1.29, 1.82) is 0 Å². The first-order chi connectivity index (χ1) is 17.9. The Morgan fingerprint density at radius 3 is 1.46 bits per heavy atom. The zero-order chi connectivity index (χ0) is 25.6. The molecule has 37 heavy (non-hydrogen) atoms. The van der Waals surface area contributed by atoms with Crippen molar-refractivity contribution >= 4 is 31.5 Å². The molecule has 1 N–H and O–H groups in total. The van der Waals surface area contributed by atoms with E-state index in [1.54, 1.807) is 60.7 Å². The molecule has 0 amide bonds. The molecule has 6 nitrogen and oxygen atoms in total. The number of fused-ring (bicyclic) bond motifs is 4. The van der Waals surface area contributed by atoms with Crippen LogP contribution in [0, 0.1) is 11.6 Å². The van der Waals surface area contributed by atoms with E-state index in [9.17, 15) is 18.2 Å². The molecule has 9 heteroatoms.